The Bertz CT molecular complexity index is 389. The molecular formula is C16H26O3. The number of benzene rings is 1. The first kappa shape index (κ1) is 15.7. The zero-order valence-corrected chi connectivity index (χ0v) is 13.0. The monoisotopic (exact) mass is 266 g/mol. The molecule has 3 nitrogen and oxygen atoms in total. The lowest BCUT2D eigenvalue weighted by atomic mass is 9.76. The van der Waals surface area contributed by atoms with E-state index in [4.69, 9.17) is 14.2 Å². The van der Waals surface area contributed by atoms with Gasteiger partial charge in [-0.1, -0.05) is 27.2 Å². The highest BCUT2D eigenvalue weighted by Gasteiger charge is 2.26. The quantitative estimate of drug-likeness (QED) is 0.741. The highest BCUT2D eigenvalue weighted by molar-refractivity contribution is 5.55. The molecular weight excluding hydrogens is 240 g/mol. The molecule has 19 heavy (non-hydrogen) atoms. The van der Waals surface area contributed by atoms with Crippen LogP contribution in [0.15, 0.2) is 12.1 Å². The molecule has 1 aromatic carbocycles. The topological polar surface area (TPSA) is 27.7 Å². The van der Waals surface area contributed by atoms with Crippen molar-refractivity contribution in [2.75, 3.05) is 21.3 Å². The van der Waals surface area contributed by atoms with Gasteiger partial charge in [0.15, 0.2) is 11.5 Å². The van der Waals surface area contributed by atoms with Crippen LogP contribution in [-0.2, 0) is 5.41 Å². The number of rotatable bonds is 7. The highest BCUT2D eigenvalue weighted by Crippen LogP contribution is 2.43. The van der Waals surface area contributed by atoms with Crippen molar-refractivity contribution in [3.05, 3.63) is 17.7 Å². The van der Waals surface area contributed by atoms with Crippen molar-refractivity contribution in [1.82, 2.24) is 0 Å². The maximum atomic E-state index is 5.43. The molecule has 0 heterocycles. The lowest BCUT2D eigenvalue weighted by molar-refractivity contribution is 0.320. The lowest BCUT2D eigenvalue weighted by Gasteiger charge is -2.30. The molecule has 0 amide bonds. The average Bonchev–Trinajstić information content (AvgIpc) is 2.45. The van der Waals surface area contributed by atoms with Gasteiger partial charge >= 0.3 is 0 Å². The van der Waals surface area contributed by atoms with Gasteiger partial charge in [-0.25, -0.2) is 0 Å². The summed E-state index contributed by atoms with van der Waals surface area (Å²) in [6.07, 6.45) is 3.38. The van der Waals surface area contributed by atoms with Gasteiger partial charge < -0.3 is 14.2 Å². The van der Waals surface area contributed by atoms with E-state index in [1.165, 1.54) is 5.56 Å². The van der Waals surface area contributed by atoms with Gasteiger partial charge in [0.1, 0.15) is 0 Å². The van der Waals surface area contributed by atoms with Gasteiger partial charge in [-0.3, -0.25) is 0 Å². The molecule has 0 spiro atoms. The Morgan fingerprint density at radius 2 is 1.47 bits per heavy atom. The molecule has 1 unspecified atom stereocenters. The standard InChI is InChI=1S/C16H26O3/c1-7-9-16(3,8-2)12-10-13(17-4)15(19-6)14(11-12)18-5/h10-11H,7-9H2,1-6H3. The predicted octanol–water partition coefficient (Wildman–Crippen LogP) is 4.18. The Labute approximate surface area is 116 Å². The first-order valence-corrected chi connectivity index (χ1v) is 6.86. The smallest absolute Gasteiger partial charge is 0.203 e. The van der Waals surface area contributed by atoms with Crippen LogP contribution in [0.4, 0.5) is 0 Å². The zero-order chi connectivity index (χ0) is 14.5. The lowest BCUT2D eigenvalue weighted by Crippen LogP contribution is -2.20. The van der Waals surface area contributed by atoms with Crippen LogP contribution in [0.2, 0.25) is 0 Å². The molecule has 0 aliphatic rings. The number of methoxy groups -OCH3 is 3. The van der Waals surface area contributed by atoms with E-state index in [1.807, 2.05) is 0 Å². The number of hydrogen-bond acceptors (Lipinski definition) is 3. The predicted molar refractivity (Wildman–Crippen MR) is 78.6 cm³/mol. The normalized spacial score (nSPS) is 13.8. The molecule has 0 saturated heterocycles. The summed E-state index contributed by atoms with van der Waals surface area (Å²) < 4.78 is 16.2. The summed E-state index contributed by atoms with van der Waals surface area (Å²) in [6.45, 7) is 6.72. The summed E-state index contributed by atoms with van der Waals surface area (Å²) in [5.74, 6) is 2.11. The van der Waals surface area contributed by atoms with Crippen molar-refractivity contribution in [2.24, 2.45) is 0 Å². The Morgan fingerprint density at radius 3 is 1.79 bits per heavy atom. The van der Waals surface area contributed by atoms with E-state index in [-0.39, 0.29) is 5.41 Å². The van der Waals surface area contributed by atoms with Crippen molar-refractivity contribution in [1.29, 1.82) is 0 Å². The minimum absolute atomic E-state index is 0.140. The van der Waals surface area contributed by atoms with Gasteiger partial charge in [0, 0.05) is 0 Å². The molecule has 0 aliphatic heterocycles. The Morgan fingerprint density at radius 1 is 0.947 bits per heavy atom. The molecule has 1 atom stereocenters. The summed E-state index contributed by atoms with van der Waals surface area (Å²) in [6, 6.07) is 4.14. The van der Waals surface area contributed by atoms with Crippen LogP contribution in [0, 0.1) is 0 Å². The van der Waals surface area contributed by atoms with Crippen molar-refractivity contribution >= 4 is 0 Å². The fourth-order valence-corrected chi connectivity index (χ4v) is 2.51. The van der Waals surface area contributed by atoms with Gasteiger partial charge in [0.05, 0.1) is 21.3 Å². The second-order valence-corrected chi connectivity index (χ2v) is 5.08. The molecule has 108 valence electrons. The summed E-state index contributed by atoms with van der Waals surface area (Å²) in [4.78, 5) is 0. The van der Waals surface area contributed by atoms with E-state index in [1.54, 1.807) is 21.3 Å². The van der Waals surface area contributed by atoms with E-state index in [2.05, 4.69) is 32.9 Å². The fourth-order valence-electron chi connectivity index (χ4n) is 2.51. The number of hydrogen-bond donors (Lipinski definition) is 0. The maximum Gasteiger partial charge on any atom is 0.203 e. The highest BCUT2D eigenvalue weighted by atomic mass is 16.5. The van der Waals surface area contributed by atoms with E-state index in [0.717, 1.165) is 30.8 Å². The molecule has 1 rings (SSSR count). The summed E-state index contributed by atoms with van der Waals surface area (Å²) >= 11 is 0. The summed E-state index contributed by atoms with van der Waals surface area (Å²) in [7, 11) is 4.94. The van der Waals surface area contributed by atoms with Gasteiger partial charge in [0.25, 0.3) is 0 Å². The Balaban J connectivity index is 3.36. The molecule has 0 fully saturated rings. The van der Waals surface area contributed by atoms with Crippen LogP contribution in [0.5, 0.6) is 17.2 Å². The molecule has 0 aliphatic carbocycles. The van der Waals surface area contributed by atoms with E-state index < -0.39 is 0 Å². The molecule has 1 aromatic rings. The minimum atomic E-state index is 0.140. The third-order valence-corrected chi connectivity index (χ3v) is 3.94. The molecule has 0 aromatic heterocycles. The summed E-state index contributed by atoms with van der Waals surface area (Å²) in [5.41, 5.74) is 1.38. The van der Waals surface area contributed by atoms with E-state index in [9.17, 15) is 0 Å². The van der Waals surface area contributed by atoms with E-state index in [0.29, 0.717) is 5.75 Å². The number of ether oxygens (including phenoxy) is 3. The molecule has 0 saturated carbocycles. The van der Waals surface area contributed by atoms with Crippen LogP contribution >= 0.6 is 0 Å². The molecule has 0 radical (unpaired) electrons. The second kappa shape index (κ2) is 6.69. The van der Waals surface area contributed by atoms with Crippen LogP contribution in [0.3, 0.4) is 0 Å². The van der Waals surface area contributed by atoms with Crippen LogP contribution in [-0.4, -0.2) is 21.3 Å². The largest absolute Gasteiger partial charge is 0.493 e. The van der Waals surface area contributed by atoms with Crippen molar-refractivity contribution in [2.45, 2.75) is 45.4 Å². The van der Waals surface area contributed by atoms with Crippen molar-refractivity contribution in [3.63, 3.8) is 0 Å². The molecule has 0 bridgehead atoms. The average molecular weight is 266 g/mol. The summed E-state index contributed by atoms with van der Waals surface area (Å²) in [5, 5.41) is 0. The molecule has 0 N–H and O–H groups in total. The first-order chi connectivity index (χ1) is 9.06. The van der Waals surface area contributed by atoms with Gasteiger partial charge in [-0.05, 0) is 36.0 Å². The van der Waals surface area contributed by atoms with Crippen molar-refractivity contribution in [3.8, 4) is 17.2 Å². The molecule has 3 heteroatoms. The maximum absolute atomic E-state index is 5.43. The van der Waals surface area contributed by atoms with Crippen LogP contribution in [0.25, 0.3) is 0 Å². The minimum Gasteiger partial charge on any atom is -0.493 e. The first-order valence-electron chi connectivity index (χ1n) is 6.86. The Kier molecular flexibility index (Phi) is 5.52. The SMILES string of the molecule is CCCC(C)(CC)c1cc(OC)c(OC)c(OC)c1. The zero-order valence-electron chi connectivity index (χ0n) is 13.0. The Hall–Kier alpha value is -1.38. The van der Waals surface area contributed by atoms with E-state index >= 15 is 0 Å². The van der Waals surface area contributed by atoms with Gasteiger partial charge in [0.2, 0.25) is 5.75 Å². The van der Waals surface area contributed by atoms with Crippen LogP contribution < -0.4 is 14.2 Å². The van der Waals surface area contributed by atoms with Crippen LogP contribution in [0.1, 0.15) is 45.6 Å². The third-order valence-electron chi connectivity index (χ3n) is 3.94. The van der Waals surface area contributed by atoms with Crippen molar-refractivity contribution < 1.29 is 14.2 Å². The second-order valence-electron chi connectivity index (χ2n) is 5.08. The third kappa shape index (κ3) is 3.14. The van der Waals surface area contributed by atoms with Gasteiger partial charge in [-0.15, -0.1) is 0 Å². The fraction of sp³-hybridized carbons (Fsp3) is 0.625. The van der Waals surface area contributed by atoms with Gasteiger partial charge in [-0.2, -0.15) is 0 Å².